The van der Waals surface area contributed by atoms with Gasteiger partial charge in [-0.2, -0.15) is 13.2 Å². The summed E-state index contributed by atoms with van der Waals surface area (Å²) in [6.07, 6.45) is -4.85. The van der Waals surface area contributed by atoms with Crippen LogP contribution in [0.3, 0.4) is 0 Å². The number of amides is 4. The summed E-state index contributed by atoms with van der Waals surface area (Å²) in [7, 11) is 2.32. The molecule has 280 valence electrons. The van der Waals surface area contributed by atoms with Gasteiger partial charge in [0.15, 0.2) is 0 Å². The molecule has 0 saturated carbocycles. The Morgan fingerprint density at radius 3 is 1.98 bits per heavy atom. The predicted octanol–water partition coefficient (Wildman–Crippen LogP) is 1.75. The first kappa shape index (κ1) is 42.7. The zero-order valence-corrected chi connectivity index (χ0v) is 29.6. The molecule has 51 heavy (non-hydrogen) atoms. The van der Waals surface area contributed by atoms with E-state index >= 15 is 0 Å². The normalized spacial score (nSPS) is 21.6. The van der Waals surface area contributed by atoms with E-state index in [1.54, 1.807) is 70.2 Å². The average molecular weight is 760 g/mol. The summed E-state index contributed by atoms with van der Waals surface area (Å²) < 4.78 is 29.6. The molecule has 1 saturated heterocycles. The molecule has 1 aliphatic heterocycles. The number of carboxylic acids is 2. The first-order valence-corrected chi connectivity index (χ1v) is 17.3. The lowest BCUT2D eigenvalue weighted by Crippen LogP contribution is -2.61. The second-order valence-electron chi connectivity index (χ2n) is 12.4. The van der Waals surface area contributed by atoms with Crippen LogP contribution in [0.25, 0.3) is 0 Å². The van der Waals surface area contributed by atoms with Gasteiger partial charge >= 0.3 is 18.1 Å². The molecule has 4 atom stereocenters. The second kappa shape index (κ2) is 18.1. The molecule has 3 rings (SSSR count). The molecule has 4 amide bonds. The zero-order valence-electron chi connectivity index (χ0n) is 27.9. The van der Waals surface area contributed by atoms with E-state index in [0.29, 0.717) is 5.56 Å². The van der Waals surface area contributed by atoms with Crippen LogP contribution in [-0.4, -0.2) is 97.3 Å². The van der Waals surface area contributed by atoms with Gasteiger partial charge in [-0.3, -0.25) is 19.2 Å². The van der Waals surface area contributed by atoms with Crippen molar-refractivity contribution < 1.29 is 57.3 Å². The molecule has 0 spiro atoms. The number of carbonyl (C=O) groups is 6. The monoisotopic (exact) mass is 759 g/mol. The van der Waals surface area contributed by atoms with E-state index in [4.69, 9.17) is 15.6 Å². The summed E-state index contributed by atoms with van der Waals surface area (Å²) in [6.45, 7) is 6.21. The lowest BCUT2D eigenvalue weighted by atomic mass is 10.00. The summed E-state index contributed by atoms with van der Waals surface area (Å²) in [6, 6.07) is 10.5. The van der Waals surface area contributed by atoms with Gasteiger partial charge in [-0.15, -0.1) is 0 Å². The number of aliphatic carboxylic acids is 2. The third-order valence-electron chi connectivity index (χ3n) is 7.27. The number of nitrogens with one attached hydrogen (secondary N) is 4. The van der Waals surface area contributed by atoms with Crippen LogP contribution in [0.1, 0.15) is 38.8 Å². The molecule has 2 aromatic rings. The number of phenols is 1. The maximum absolute atomic E-state index is 13.5. The van der Waals surface area contributed by atoms with Crippen LogP contribution in [0.15, 0.2) is 54.6 Å². The summed E-state index contributed by atoms with van der Waals surface area (Å²) in [4.78, 5) is 74.3. The van der Waals surface area contributed by atoms with Crippen LogP contribution in [0.5, 0.6) is 5.75 Å². The van der Waals surface area contributed by atoms with E-state index in [1.807, 2.05) is 0 Å². The van der Waals surface area contributed by atoms with E-state index in [1.165, 1.54) is 22.9 Å². The van der Waals surface area contributed by atoms with Crippen molar-refractivity contribution in [3.05, 3.63) is 65.7 Å². The highest BCUT2D eigenvalue weighted by atomic mass is 33.1. The minimum absolute atomic E-state index is 0.0718. The molecule has 1 heterocycles. The Hall–Kier alpha value is -4.49. The third kappa shape index (κ3) is 13.6. The molecule has 14 nitrogen and oxygen atoms in total. The van der Waals surface area contributed by atoms with Gasteiger partial charge in [-0.05, 0) is 57.4 Å². The van der Waals surface area contributed by atoms with Crippen LogP contribution >= 0.6 is 21.6 Å². The van der Waals surface area contributed by atoms with Crippen molar-refractivity contribution in [2.24, 2.45) is 5.73 Å². The standard InChI is InChI=1S/C30H39N5O7S2.C2HF3O2/c1-29(2)23(34-25(38)20(31)14-18-10-12-19(36)13-11-18)27(40)32-16-22(37)33-21(15-17-8-6-5-7-9-17)26(39)35-24(28(41)42)30(3,4)44-43-29;3-2(4,5)1(6)7/h5-13,20-21,23-24,36H,14-16,31H2,1-4H3,(H,32,40)(H,33,37)(H,34,38)(H,35,39)(H,41,42);(H,6,7)/t20-,21-,23?,24-;/m0./s1. The summed E-state index contributed by atoms with van der Waals surface area (Å²) in [5.41, 5.74) is 7.61. The molecule has 1 unspecified atom stereocenters. The van der Waals surface area contributed by atoms with Crippen molar-refractivity contribution in [1.82, 2.24) is 21.3 Å². The van der Waals surface area contributed by atoms with Crippen molar-refractivity contribution >= 4 is 57.2 Å². The lowest BCUT2D eigenvalue weighted by Gasteiger charge is -2.38. The number of alkyl halides is 3. The van der Waals surface area contributed by atoms with Gasteiger partial charge in [0.2, 0.25) is 23.6 Å². The first-order chi connectivity index (χ1) is 23.5. The molecule has 19 heteroatoms. The summed E-state index contributed by atoms with van der Waals surface area (Å²) in [5, 5.41) is 37.2. The van der Waals surface area contributed by atoms with Gasteiger partial charge in [0.05, 0.1) is 17.3 Å². The molecule has 1 fully saturated rings. The van der Waals surface area contributed by atoms with E-state index in [0.717, 1.165) is 16.4 Å². The molecular weight excluding hydrogens is 720 g/mol. The smallest absolute Gasteiger partial charge is 0.490 e. The van der Waals surface area contributed by atoms with Gasteiger partial charge < -0.3 is 42.3 Å². The fourth-order valence-corrected chi connectivity index (χ4v) is 7.26. The highest BCUT2D eigenvalue weighted by Gasteiger charge is 2.44. The van der Waals surface area contributed by atoms with Crippen LogP contribution in [0.2, 0.25) is 0 Å². The number of halogens is 3. The highest BCUT2D eigenvalue weighted by molar-refractivity contribution is 8.77. The van der Waals surface area contributed by atoms with Crippen LogP contribution in [-0.2, 0) is 41.6 Å². The van der Waals surface area contributed by atoms with E-state index in [-0.39, 0.29) is 18.6 Å². The number of carboxylic acid groups (broad SMARTS) is 2. The Morgan fingerprint density at radius 1 is 0.902 bits per heavy atom. The van der Waals surface area contributed by atoms with Crippen molar-refractivity contribution in [2.75, 3.05) is 6.54 Å². The molecule has 0 radical (unpaired) electrons. The van der Waals surface area contributed by atoms with Crippen molar-refractivity contribution in [2.45, 2.75) is 80.4 Å². The quantitative estimate of drug-likeness (QED) is 0.189. The lowest BCUT2D eigenvalue weighted by molar-refractivity contribution is -0.192. The predicted molar refractivity (Wildman–Crippen MR) is 183 cm³/mol. The first-order valence-electron chi connectivity index (χ1n) is 15.2. The average Bonchev–Trinajstić information content (AvgIpc) is 3.04. The maximum Gasteiger partial charge on any atom is 0.490 e. The van der Waals surface area contributed by atoms with E-state index in [9.17, 15) is 47.4 Å². The summed E-state index contributed by atoms with van der Waals surface area (Å²) in [5.74, 6) is -6.57. The molecule has 0 bridgehead atoms. The Bertz CT molecular complexity index is 1560. The van der Waals surface area contributed by atoms with Crippen molar-refractivity contribution in [3.8, 4) is 5.75 Å². The Morgan fingerprint density at radius 2 is 1.45 bits per heavy atom. The van der Waals surface area contributed by atoms with Crippen molar-refractivity contribution in [1.29, 1.82) is 0 Å². The van der Waals surface area contributed by atoms with Crippen LogP contribution < -0.4 is 27.0 Å². The van der Waals surface area contributed by atoms with Crippen LogP contribution in [0.4, 0.5) is 13.2 Å². The largest absolute Gasteiger partial charge is 0.508 e. The number of carbonyl (C=O) groups excluding carboxylic acids is 4. The third-order valence-corrected chi connectivity index (χ3v) is 11.5. The van der Waals surface area contributed by atoms with E-state index < -0.39 is 81.9 Å². The van der Waals surface area contributed by atoms with Crippen LogP contribution in [0, 0.1) is 0 Å². The number of hydrogen-bond donors (Lipinski definition) is 8. The number of benzene rings is 2. The fourth-order valence-electron chi connectivity index (χ4n) is 4.44. The molecule has 2 aromatic carbocycles. The maximum atomic E-state index is 13.5. The van der Waals surface area contributed by atoms with Gasteiger partial charge in [-0.1, -0.05) is 64.1 Å². The summed E-state index contributed by atoms with van der Waals surface area (Å²) >= 11 is 0. The van der Waals surface area contributed by atoms with Crippen molar-refractivity contribution in [3.63, 3.8) is 0 Å². The number of rotatable bonds is 7. The highest BCUT2D eigenvalue weighted by Crippen LogP contribution is 2.46. The zero-order chi connectivity index (χ0) is 38.7. The van der Waals surface area contributed by atoms with Gasteiger partial charge in [0.25, 0.3) is 0 Å². The molecule has 0 aromatic heterocycles. The van der Waals surface area contributed by atoms with Gasteiger partial charge in [0.1, 0.15) is 23.9 Å². The number of phenolic OH excluding ortho intramolecular Hbond substituents is 1. The Labute approximate surface area is 299 Å². The molecule has 1 aliphatic rings. The minimum Gasteiger partial charge on any atom is -0.508 e. The second-order valence-corrected chi connectivity index (χ2v) is 15.8. The van der Waals surface area contributed by atoms with Gasteiger partial charge in [0, 0.05) is 11.2 Å². The Kier molecular flexibility index (Phi) is 15.2. The van der Waals surface area contributed by atoms with Gasteiger partial charge in [-0.25, -0.2) is 9.59 Å². The fraction of sp³-hybridized carbons (Fsp3) is 0.438. The SMILES string of the molecule is CC1(C)SSC(C)(C)[C@H](C(=O)O)NC(=O)[C@H](Cc2ccccc2)NC(=O)CNC(=O)C1NC(=O)[C@@H](N)Cc1ccc(O)cc1.O=C(O)C(F)(F)F. The Balaban J connectivity index is 0.00000116. The topological polar surface area (TPSA) is 237 Å². The van der Waals surface area contributed by atoms with E-state index in [2.05, 4.69) is 21.3 Å². The molecule has 9 N–H and O–H groups in total. The number of aromatic hydroxyl groups is 1. The number of hydrogen-bond acceptors (Lipinski definition) is 10. The number of nitrogens with two attached hydrogens (primary N) is 1. The minimum atomic E-state index is -5.08. The molecule has 0 aliphatic carbocycles. The molecular formula is C32H40F3N5O9S2.